The van der Waals surface area contributed by atoms with Crippen molar-refractivity contribution >= 4 is 5.69 Å². The molecular weight excluding hydrogens is 464 g/mol. The van der Waals surface area contributed by atoms with Crippen LogP contribution in [-0.4, -0.2) is 65.5 Å². The van der Waals surface area contributed by atoms with Gasteiger partial charge in [0.2, 0.25) is 0 Å². The lowest BCUT2D eigenvalue weighted by atomic mass is 10.0. The highest BCUT2D eigenvalue weighted by molar-refractivity contribution is 5.46. The van der Waals surface area contributed by atoms with Gasteiger partial charge in [-0.25, -0.2) is 4.68 Å². The fourth-order valence-electron chi connectivity index (χ4n) is 4.99. The van der Waals surface area contributed by atoms with Crippen LogP contribution in [0.1, 0.15) is 28.6 Å². The zero-order chi connectivity index (χ0) is 25.6. The van der Waals surface area contributed by atoms with Crippen LogP contribution >= 0.6 is 0 Å². The van der Waals surface area contributed by atoms with Gasteiger partial charge < -0.3 is 14.4 Å². The number of ether oxygens (including phenoxy) is 2. The van der Waals surface area contributed by atoms with E-state index in [1.807, 2.05) is 16.8 Å². The summed E-state index contributed by atoms with van der Waals surface area (Å²) >= 11 is 0. The minimum atomic E-state index is -0.0149. The van der Waals surface area contributed by atoms with E-state index in [0.717, 1.165) is 55.5 Å². The van der Waals surface area contributed by atoms with Gasteiger partial charge in [0.15, 0.2) is 17.3 Å². The van der Waals surface area contributed by atoms with E-state index >= 15 is 0 Å². The molecule has 1 aromatic heterocycles. The highest BCUT2D eigenvalue weighted by atomic mass is 16.5. The monoisotopic (exact) mass is 498 g/mol. The molecule has 0 amide bonds. The van der Waals surface area contributed by atoms with Gasteiger partial charge in [0.1, 0.15) is 0 Å². The summed E-state index contributed by atoms with van der Waals surface area (Å²) in [6.07, 6.45) is 0.779. The van der Waals surface area contributed by atoms with E-state index in [1.54, 1.807) is 14.2 Å². The van der Waals surface area contributed by atoms with E-state index < -0.39 is 0 Å². The van der Waals surface area contributed by atoms with E-state index in [-0.39, 0.29) is 6.04 Å². The van der Waals surface area contributed by atoms with Crippen molar-refractivity contribution in [2.24, 2.45) is 0 Å². The normalized spacial score (nSPS) is 14.9. The summed E-state index contributed by atoms with van der Waals surface area (Å²) < 4.78 is 12.8. The number of hydrogen-bond acceptors (Lipinski definition) is 7. The summed E-state index contributed by atoms with van der Waals surface area (Å²) in [7, 11) is 3.31. The second-order valence-electron chi connectivity index (χ2n) is 9.37. The number of anilines is 1. The molecule has 3 aromatic carbocycles. The topological polar surface area (TPSA) is 68.5 Å². The number of piperazine rings is 1. The second kappa shape index (κ2) is 11.4. The molecule has 37 heavy (non-hydrogen) atoms. The van der Waals surface area contributed by atoms with Crippen LogP contribution in [0.2, 0.25) is 0 Å². The van der Waals surface area contributed by atoms with Gasteiger partial charge in [-0.15, -0.1) is 5.10 Å². The number of para-hydroxylation sites is 1. The molecule has 0 bridgehead atoms. The minimum Gasteiger partial charge on any atom is -0.493 e. The van der Waals surface area contributed by atoms with Gasteiger partial charge in [-0.2, -0.15) is 0 Å². The molecule has 0 radical (unpaired) electrons. The van der Waals surface area contributed by atoms with Gasteiger partial charge in [0.25, 0.3) is 0 Å². The zero-order valence-electron chi connectivity index (χ0n) is 21.7. The second-order valence-corrected chi connectivity index (χ2v) is 9.37. The maximum atomic E-state index is 5.48. The van der Waals surface area contributed by atoms with E-state index in [2.05, 4.69) is 92.9 Å². The lowest BCUT2D eigenvalue weighted by Crippen LogP contribution is -2.48. The van der Waals surface area contributed by atoms with Crippen molar-refractivity contribution in [2.45, 2.75) is 25.9 Å². The van der Waals surface area contributed by atoms with Crippen molar-refractivity contribution in [3.05, 3.63) is 95.3 Å². The summed E-state index contributed by atoms with van der Waals surface area (Å²) in [5, 5.41) is 13.0. The predicted octanol–water partition coefficient (Wildman–Crippen LogP) is 4.15. The molecule has 0 aliphatic carbocycles. The molecular formula is C29H34N6O2. The number of tetrazole rings is 1. The highest BCUT2D eigenvalue weighted by Crippen LogP contribution is 2.30. The average Bonchev–Trinajstić information content (AvgIpc) is 3.41. The van der Waals surface area contributed by atoms with Crippen LogP contribution in [0.3, 0.4) is 0 Å². The first kappa shape index (κ1) is 24.8. The summed E-state index contributed by atoms with van der Waals surface area (Å²) in [6, 6.07) is 25.4. The third-order valence-corrected chi connectivity index (χ3v) is 7.06. The summed E-state index contributed by atoms with van der Waals surface area (Å²) in [5.41, 5.74) is 4.86. The molecule has 0 N–H and O–H groups in total. The van der Waals surface area contributed by atoms with Crippen LogP contribution < -0.4 is 14.4 Å². The molecule has 192 valence electrons. The summed E-state index contributed by atoms with van der Waals surface area (Å²) in [6.45, 7) is 6.56. The number of aryl methyl sites for hydroxylation is 3. The number of hydrogen-bond donors (Lipinski definition) is 0. The van der Waals surface area contributed by atoms with Gasteiger partial charge in [0, 0.05) is 38.4 Å². The molecule has 8 heteroatoms. The highest BCUT2D eigenvalue weighted by Gasteiger charge is 2.30. The third kappa shape index (κ3) is 5.59. The standard InChI is InChI=1S/C29H34N6O2/c1-22-9-12-24(13-10-22)28(34-19-17-33(18-20-34)25-7-5-4-6-8-25)29-30-31-32-35(29)16-15-23-11-14-26(36-2)27(21-23)37-3/h4-14,21,28H,15-20H2,1-3H3. The van der Waals surface area contributed by atoms with Gasteiger partial charge in [-0.05, 0) is 59.2 Å². The van der Waals surface area contributed by atoms with Crippen molar-refractivity contribution in [3.8, 4) is 11.5 Å². The third-order valence-electron chi connectivity index (χ3n) is 7.06. The Morgan fingerprint density at radius 3 is 2.27 bits per heavy atom. The van der Waals surface area contributed by atoms with Crippen LogP contribution in [0.5, 0.6) is 11.5 Å². The fourth-order valence-corrected chi connectivity index (χ4v) is 4.99. The molecule has 2 heterocycles. The molecule has 8 nitrogen and oxygen atoms in total. The number of nitrogens with zero attached hydrogens (tertiary/aromatic N) is 6. The number of aromatic nitrogens is 4. The van der Waals surface area contributed by atoms with Crippen LogP contribution in [0, 0.1) is 6.92 Å². The fraction of sp³-hybridized carbons (Fsp3) is 0.345. The first-order valence-corrected chi connectivity index (χ1v) is 12.7. The molecule has 1 saturated heterocycles. The Balaban J connectivity index is 1.37. The Hall–Kier alpha value is -3.91. The SMILES string of the molecule is COc1ccc(CCn2nnnc2C(c2ccc(C)cc2)N2CCN(c3ccccc3)CC2)cc1OC. The lowest BCUT2D eigenvalue weighted by Gasteiger charge is -2.40. The quantitative estimate of drug-likeness (QED) is 0.343. The number of rotatable bonds is 9. The molecule has 1 atom stereocenters. The molecule has 1 aliphatic heterocycles. The first-order valence-electron chi connectivity index (χ1n) is 12.7. The Labute approximate surface area is 218 Å². The lowest BCUT2D eigenvalue weighted by molar-refractivity contribution is 0.200. The molecule has 5 rings (SSSR count). The van der Waals surface area contributed by atoms with Gasteiger partial charge in [-0.3, -0.25) is 4.90 Å². The van der Waals surface area contributed by atoms with Gasteiger partial charge in [0.05, 0.1) is 20.3 Å². The molecule has 4 aromatic rings. The molecule has 0 saturated carbocycles. The Bertz CT molecular complexity index is 1280. The van der Waals surface area contributed by atoms with Crippen molar-refractivity contribution in [1.29, 1.82) is 0 Å². The van der Waals surface area contributed by atoms with Crippen molar-refractivity contribution in [2.75, 3.05) is 45.3 Å². The zero-order valence-corrected chi connectivity index (χ0v) is 21.7. The predicted molar refractivity (Wildman–Crippen MR) is 144 cm³/mol. The molecule has 0 spiro atoms. The first-order chi connectivity index (χ1) is 18.2. The largest absolute Gasteiger partial charge is 0.493 e. The summed E-state index contributed by atoms with van der Waals surface area (Å²) in [5.74, 6) is 2.33. The minimum absolute atomic E-state index is 0.0149. The Kier molecular flexibility index (Phi) is 7.65. The molecule has 1 aliphatic rings. The van der Waals surface area contributed by atoms with E-state index in [4.69, 9.17) is 9.47 Å². The molecule has 1 unspecified atom stereocenters. The molecule has 1 fully saturated rings. The van der Waals surface area contributed by atoms with Crippen LogP contribution in [0.15, 0.2) is 72.8 Å². The van der Waals surface area contributed by atoms with E-state index in [9.17, 15) is 0 Å². The number of benzene rings is 3. The van der Waals surface area contributed by atoms with Crippen molar-refractivity contribution in [3.63, 3.8) is 0 Å². The van der Waals surface area contributed by atoms with E-state index in [0.29, 0.717) is 6.54 Å². The maximum absolute atomic E-state index is 5.48. The smallest absolute Gasteiger partial charge is 0.173 e. The van der Waals surface area contributed by atoms with Gasteiger partial charge >= 0.3 is 0 Å². The Morgan fingerprint density at radius 1 is 0.838 bits per heavy atom. The van der Waals surface area contributed by atoms with Crippen molar-refractivity contribution in [1.82, 2.24) is 25.1 Å². The van der Waals surface area contributed by atoms with Crippen LogP contribution in [-0.2, 0) is 13.0 Å². The summed E-state index contributed by atoms with van der Waals surface area (Å²) in [4.78, 5) is 4.95. The van der Waals surface area contributed by atoms with Crippen LogP contribution in [0.4, 0.5) is 5.69 Å². The average molecular weight is 499 g/mol. The maximum Gasteiger partial charge on any atom is 0.173 e. The van der Waals surface area contributed by atoms with Crippen LogP contribution in [0.25, 0.3) is 0 Å². The number of methoxy groups -OCH3 is 2. The van der Waals surface area contributed by atoms with Crippen molar-refractivity contribution < 1.29 is 9.47 Å². The van der Waals surface area contributed by atoms with Gasteiger partial charge in [-0.1, -0.05) is 54.1 Å². The van der Waals surface area contributed by atoms with E-state index in [1.165, 1.54) is 16.8 Å². The Morgan fingerprint density at radius 2 is 1.57 bits per heavy atom.